The number of esters is 1. The van der Waals surface area contributed by atoms with E-state index >= 15 is 0 Å². The topological polar surface area (TPSA) is 49.5 Å². The summed E-state index contributed by atoms with van der Waals surface area (Å²) in [5, 5.41) is 12.7. The molecule has 4 rings (SSSR count). The highest BCUT2D eigenvalue weighted by Crippen LogP contribution is 2.33. The van der Waals surface area contributed by atoms with Crippen molar-refractivity contribution < 1.29 is 19.2 Å². The smallest absolute Gasteiger partial charge is 0.339 e. The molecule has 172 valence electrons. The third-order valence-corrected chi connectivity index (χ3v) is 5.99. The van der Waals surface area contributed by atoms with Crippen LogP contribution in [0.5, 0.6) is 5.75 Å². The molecule has 0 unspecified atom stereocenters. The molecule has 0 aliphatic carbocycles. The molecular formula is C30H24NO3S+. The van der Waals surface area contributed by atoms with Gasteiger partial charge in [-0.2, -0.15) is 0 Å². The van der Waals surface area contributed by atoms with Crippen molar-refractivity contribution in [1.29, 1.82) is 0 Å². The molecule has 0 saturated heterocycles. The Morgan fingerprint density at radius 1 is 0.971 bits per heavy atom. The minimum absolute atomic E-state index is 0.000368. The van der Waals surface area contributed by atoms with E-state index in [0.29, 0.717) is 11.1 Å². The van der Waals surface area contributed by atoms with Crippen LogP contribution in [0.2, 0.25) is 0 Å². The lowest BCUT2D eigenvalue weighted by Crippen LogP contribution is -2.07. The molecule has 0 spiro atoms. The molecule has 0 aliphatic heterocycles. The number of hydrogen-bond donors (Lipinski definition) is 1. The summed E-state index contributed by atoms with van der Waals surface area (Å²) in [6.45, 7) is 4.13. The van der Waals surface area contributed by atoms with Crippen LogP contribution < -0.4 is 0 Å². The second kappa shape index (κ2) is 10.7. The van der Waals surface area contributed by atoms with Crippen molar-refractivity contribution in [2.75, 3.05) is 7.05 Å². The average molecular weight is 479 g/mol. The standard InChI is InChI=1S/C30H23NO3S/c1-3-22-17-24(11-15-27(22)23-9-12-25(13-10-23)31(2)20-35)28-16-14-26(32)18-29(28)30(33)34-19-21-7-5-4-6-8-21/h3-18H,1,19H2,2H3/p+1. The summed E-state index contributed by atoms with van der Waals surface area (Å²) in [5.74, 6) is -0.501. The van der Waals surface area contributed by atoms with Gasteiger partial charge >= 0.3 is 5.97 Å². The van der Waals surface area contributed by atoms with Crippen LogP contribution in [0.25, 0.3) is 28.3 Å². The molecule has 4 aromatic rings. The van der Waals surface area contributed by atoms with E-state index in [1.54, 1.807) is 22.8 Å². The van der Waals surface area contributed by atoms with Crippen molar-refractivity contribution in [1.82, 2.24) is 0 Å². The maximum absolute atomic E-state index is 12.9. The Hall–Kier alpha value is -4.31. The number of phenols is 1. The number of phenolic OH excluding ortho intramolecular Hbond substituents is 1. The summed E-state index contributed by atoms with van der Waals surface area (Å²) in [5.41, 5.74) is 6.59. The lowest BCUT2D eigenvalue weighted by molar-refractivity contribution is -0.395. The first-order valence-corrected chi connectivity index (χ1v) is 11.4. The van der Waals surface area contributed by atoms with E-state index in [1.165, 1.54) is 6.07 Å². The molecule has 0 saturated carbocycles. The SMILES string of the molecule is C=Cc1cc(-c2ccc(O)cc2C(=O)OCc2ccccc2)ccc1-c1ccc([N+](C)=C=S)cc1. The van der Waals surface area contributed by atoms with E-state index in [9.17, 15) is 9.90 Å². The van der Waals surface area contributed by atoms with Gasteiger partial charge in [0.2, 0.25) is 5.69 Å². The summed E-state index contributed by atoms with van der Waals surface area (Å²) >= 11 is 4.88. The molecule has 0 atom stereocenters. The fourth-order valence-corrected chi connectivity index (χ4v) is 3.94. The third kappa shape index (κ3) is 5.44. The molecule has 0 aliphatic rings. The molecular weight excluding hydrogens is 454 g/mol. The van der Waals surface area contributed by atoms with Gasteiger partial charge in [-0.15, -0.1) is 4.58 Å². The number of nitrogens with zero attached hydrogens (tertiary/aromatic N) is 1. The number of rotatable bonds is 7. The van der Waals surface area contributed by atoms with Crippen molar-refractivity contribution in [3.05, 3.63) is 114 Å². The first-order valence-electron chi connectivity index (χ1n) is 11.0. The molecule has 1 N–H and O–H groups in total. The second-order valence-corrected chi connectivity index (χ2v) is 8.18. The molecule has 5 heteroatoms. The molecule has 0 radical (unpaired) electrons. The Bertz CT molecular complexity index is 1440. The Balaban J connectivity index is 1.67. The van der Waals surface area contributed by atoms with Gasteiger partial charge in [-0.25, -0.2) is 4.79 Å². The molecule has 0 aromatic heterocycles. The van der Waals surface area contributed by atoms with Crippen LogP contribution in [-0.2, 0) is 11.3 Å². The molecule has 4 nitrogen and oxygen atoms in total. The monoisotopic (exact) mass is 478 g/mol. The second-order valence-electron chi connectivity index (χ2n) is 7.99. The van der Waals surface area contributed by atoms with Crippen molar-refractivity contribution in [3.63, 3.8) is 0 Å². The minimum Gasteiger partial charge on any atom is -0.508 e. The van der Waals surface area contributed by atoms with E-state index in [2.05, 4.69) is 11.7 Å². The molecule has 0 amide bonds. The molecule has 0 bridgehead atoms. The quantitative estimate of drug-likeness (QED) is 0.133. The maximum Gasteiger partial charge on any atom is 0.339 e. The highest BCUT2D eigenvalue weighted by atomic mass is 32.1. The predicted molar refractivity (Wildman–Crippen MR) is 143 cm³/mol. The number of benzene rings is 4. The maximum atomic E-state index is 12.9. The highest BCUT2D eigenvalue weighted by molar-refractivity contribution is 7.78. The van der Waals surface area contributed by atoms with Crippen LogP contribution in [0.1, 0.15) is 21.5 Å². The minimum atomic E-state index is -0.501. The number of carbonyl (C=O) groups is 1. The van der Waals surface area contributed by atoms with Crippen LogP contribution in [-0.4, -0.2) is 27.9 Å². The van der Waals surface area contributed by atoms with Gasteiger partial charge in [-0.05, 0) is 69.8 Å². The van der Waals surface area contributed by atoms with Gasteiger partial charge in [0.1, 0.15) is 19.4 Å². The van der Waals surface area contributed by atoms with Crippen LogP contribution in [0.3, 0.4) is 0 Å². The predicted octanol–water partition coefficient (Wildman–Crippen LogP) is 7.10. The Morgan fingerprint density at radius 3 is 2.34 bits per heavy atom. The molecule has 0 fully saturated rings. The van der Waals surface area contributed by atoms with Crippen molar-refractivity contribution in [2.45, 2.75) is 6.61 Å². The zero-order chi connectivity index (χ0) is 24.8. The van der Waals surface area contributed by atoms with Gasteiger partial charge in [0, 0.05) is 24.4 Å². The number of isothiocyanates is 1. The Kier molecular flexibility index (Phi) is 7.32. The van der Waals surface area contributed by atoms with Crippen LogP contribution >= 0.6 is 12.2 Å². The van der Waals surface area contributed by atoms with E-state index < -0.39 is 5.97 Å². The first-order chi connectivity index (χ1) is 17.0. The van der Waals surface area contributed by atoms with Gasteiger partial charge in [0.15, 0.2) is 0 Å². The first kappa shape index (κ1) is 23.8. The summed E-state index contributed by atoms with van der Waals surface area (Å²) in [7, 11) is 1.85. The largest absolute Gasteiger partial charge is 0.508 e. The number of ether oxygens (including phenoxy) is 1. The average Bonchev–Trinajstić information content (AvgIpc) is 2.91. The molecule has 35 heavy (non-hydrogen) atoms. The summed E-state index contributed by atoms with van der Waals surface area (Å²) in [6.07, 6.45) is 1.79. The number of aromatic hydroxyl groups is 1. The van der Waals surface area contributed by atoms with Crippen molar-refractivity contribution in [2.24, 2.45) is 0 Å². The van der Waals surface area contributed by atoms with E-state index in [-0.39, 0.29) is 12.4 Å². The molecule has 4 aromatic carbocycles. The normalized spacial score (nSPS) is 10.3. The van der Waals surface area contributed by atoms with Crippen molar-refractivity contribution >= 4 is 35.1 Å². The van der Waals surface area contributed by atoms with Crippen LogP contribution in [0.4, 0.5) is 5.69 Å². The van der Waals surface area contributed by atoms with Gasteiger partial charge in [0.25, 0.3) is 5.16 Å². The fourth-order valence-electron chi connectivity index (χ4n) is 3.83. The van der Waals surface area contributed by atoms with Crippen molar-refractivity contribution in [3.8, 4) is 28.0 Å². The summed E-state index contributed by atoms with van der Waals surface area (Å²) in [4.78, 5) is 12.9. The number of hydrogen-bond acceptors (Lipinski definition) is 4. The highest BCUT2D eigenvalue weighted by Gasteiger charge is 2.17. The van der Waals surface area contributed by atoms with Crippen LogP contribution in [0.15, 0.2) is 97.6 Å². The fraction of sp³-hybridized carbons (Fsp3) is 0.0667. The van der Waals surface area contributed by atoms with E-state index in [0.717, 1.165) is 33.5 Å². The third-order valence-electron chi connectivity index (χ3n) is 5.72. The van der Waals surface area contributed by atoms with Crippen LogP contribution in [0, 0.1) is 0 Å². The Labute approximate surface area is 210 Å². The Morgan fingerprint density at radius 2 is 1.66 bits per heavy atom. The lowest BCUT2D eigenvalue weighted by Gasteiger charge is -2.13. The van der Waals surface area contributed by atoms with Gasteiger partial charge in [-0.3, -0.25) is 0 Å². The van der Waals surface area contributed by atoms with Gasteiger partial charge in [-0.1, -0.05) is 55.1 Å². The molecule has 0 heterocycles. The summed E-state index contributed by atoms with van der Waals surface area (Å²) < 4.78 is 7.28. The number of thiocarbonyl (C=S) groups is 1. The zero-order valence-corrected chi connectivity index (χ0v) is 20.1. The zero-order valence-electron chi connectivity index (χ0n) is 19.3. The number of carbonyl (C=O) groups excluding carboxylic acids is 1. The van der Waals surface area contributed by atoms with Gasteiger partial charge < -0.3 is 9.84 Å². The van der Waals surface area contributed by atoms with E-state index in [4.69, 9.17) is 17.0 Å². The van der Waals surface area contributed by atoms with E-state index in [1.807, 2.05) is 79.8 Å². The van der Waals surface area contributed by atoms with Gasteiger partial charge in [0.05, 0.1) is 5.56 Å². The lowest BCUT2D eigenvalue weighted by atomic mass is 9.93. The summed E-state index contributed by atoms with van der Waals surface area (Å²) in [6, 6.07) is 28.1.